The van der Waals surface area contributed by atoms with Gasteiger partial charge in [0, 0.05) is 6.54 Å². The van der Waals surface area contributed by atoms with Gasteiger partial charge < -0.3 is 9.73 Å². The first kappa shape index (κ1) is 10.4. The molecule has 0 aromatic carbocycles. The predicted molar refractivity (Wildman–Crippen MR) is 54.2 cm³/mol. The molecule has 1 heterocycles. The summed E-state index contributed by atoms with van der Waals surface area (Å²) in [6, 6.07) is 1.72. The lowest BCUT2D eigenvalue weighted by molar-refractivity contribution is 0.0956. The maximum Gasteiger partial charge on any atom is 0.255 e. The third kappa shape index (κ3) is 2.38. The maximum absolute atomic E-state index is 11.5. The molecule has 0 saturated carbocycles. The molecule has 3 nitrogen and oxygen atoms in total. The summed E-state index contributed by atoms with van der Waals surface area (Å²) in [5.74, 6) is 1.25. The van der Waals surface area contributed by atoms with E-state index in [0.717, 1.165) is 5.76 Å². The molecular weight excluding hydrogens is 178 g/mol. The number of aryl methyl sites for hydroxylation is 2. The fourth-order valence-corrected chi connectivity index (χ4v) is 1.17. The molecule has 0 bridgehead atoms. The molecule has 0 atom stereocenters. The quantitative estimate of drug-likeness (QED) is 0.742. The second kappa shape index (κ2) is 4.49. The van der Waals surface area contributed by atoms with Gasteiger partial charge in [-0.1, -0.05) is 6.58 Å². The largest absolute Gasteiger partial charge is 0.466 e. The van der Waals surface area contributed by atoms with Crippen LogP contribution in [0.3, 0.4) is 0 Å². The summed E-state index contributed by atoms with van der Waals surface area (Å²) in [6.45, 7) is 7.42. The van der Waals surface area contributed by atoms with E-state index in [4.69, 9.17) is 4.42 Å². The van der Waals surface area contributed by atoms with Crippen LogP contribution in [0.25, 0.3) is 0 Å². The van der Waals surface area contributed by atoms with Crippen molar-refractivity contribution in [1.29, 1.82) is 0 Å². The first-order chi connectivity index (χ1) is 6.65. The van der Waals surface area contributed by atoms with Crippen LogP contribution in [-0.4, -0.2) is 12.5 Å². The second-order valence-electron chi connectivity index (χ2n) is 2.95. The minimum atomic E-state index is -0.133. The van der Waals surface area contributed by atoms with Gasteiger partial charge in [0.05, 0.1) is 5.56 Å². The van der Waals surface area contributed by atoms with Gasteiger partial charge in [-0.05, 0) is 26.0 Å². The molecule has 1 N–H and O–H groups in total. The summed E-state index contributed by atoms with van der Waals surface area (Å²) in [7, 11) is 0. The highest BCUT2D eigenvalue weighted by Crippen LogP contribution is 2.12. The van der Waals surface area contributed by atoms with Crippen molar-refractivity contribution in [3.8, 4) is 0 Å². The molecule has 0 spiro atoms. The Morgan fingerprint density at radius 2 is 2.43 bits per heavy atom. The molecule has 0 unspecified atom stereocenters. The van der Waals surface area contributed by atoms with Crippen LogP contribution in [0.5, 0.6) is 0 Å². The zero-order valence-corrected chi connectivity index (χ0v) is 8.39. The average Bonchev–Trinajstić information content (AvgIpc) is 2.45. The molecule has 0 aliphatic carbocycles. The summed E-state index contributed by atoms with van der Waals surface area (Å²) in [6.07, 6.45) is 1.65. The molecule has 1 rings (SSSR count). The lowest BCUT2D eigenvalue weighted by atomic mass is 10.2. The van der Waals surface area contributed by atoms with Crippen LogP contribution in [0.4, 0.5) is 0 Å². The number of furan rings is 1. The normalized spacial score (nSPS) is 9.29. The Kier molecular flexibility index (Phi) is 3.32. The molecule has 1 amide bonds. The first-order valence-electron chi connectivity index (χ1n) is 4.34. The summed E-state index contributed by atoms with van der Waals surface area (Å²) < 4.78 is 5.24. The van der Waals surface area contributed by atoms with Crippen LogP contribution in [0.2, 0.25) is 0 Å². The molecule has 74 valence electrons. The fraction of sp³-hybridized carbons (Fsp3) is 0.273. The Morgan fingerprint density at radius 1 is 1.71 bits per heavy atom. The molecule has 3 heteroatoms. The number of rotatable bonds is 3. The highest BCUT2D eigenvalue weighted by atomic mass is 16.3. The molecule has 0 saturated heterocycles. The number of amides is 1. The van der Waals surface area contributed by atoms with Gasteiger partial charge in [0.2, 0.25) is 0 Å². The summed E-state index contributed by atoms with van der Waals surface area (Å²) in [5, 5.41) is 2.70. The lowest BCUT2D eigenvalue weighted by Crippen LogP contribution is -2.23. The summed E-state index contributed by atoms with van der Waals surface area (Å²) >= 11 is 0. The van der Waals surface area contributed by atoms with E-state index >= 15 is 0 Å². The van der Waals surface area contributed by atoms with E-state index in [1.165, 1.54) is 0 Å². The van der Waals surface area contributed by atoms with Gasteiger partial charge in [0.1, 0.15) is 11.5 Å². The maximum atomic E-state index is 11.5. The second-order valence-corrected chi connectivity index (χ2v) is 2.95. The predicted octanol–water partition coefficient (Wildman–Crippen LogP) is 1.97. The van der Waals surface area contributed by atoms with Gasteiger partial charge in [-0.25, -0.2) is 0 Å². The molecule has 0 aliphatic heterocycles. The monoisotopic (exact) mass is 191 g/mol. The Balaban J connectivity index is 2.69. The van der Waals surface area contributed by atoms with Crippen LogP contribution in [-0.2, 0) is 0 Å². The number of hydrogen-bond donors (Lipinski definition) is 1. The molecule has 0 radical (unpaired) electrons. The SMILES string of the molecule is C=C=CCNC(=O)c1cc(C)oc1C. The van der Waals surface area contributed by atoms with E-state index in [1.54, 1.807) is 19.1 Å². The van der Waals surface area contributed by atoms with Gasteiger partial charge in [0.25, 0.3) is 5.91 Å². The standard InChI is InChI=1S/C11H13NO2/c1-4-5-6-12-11(13)10-7-8(2)14-9(10)3/h5,7H,1,6H2,2-3H3,(H,12,13). The van der Waals surface area contributed by atoms with Crippen molar-refractivity contribution in [2.75, 3.05) is 6.54 Å². The van der Waals surface area contributed by atoms with Crippen LogP contribution in [0.15, 0.2) is 28.9 Å². The van der Waals surface area contributed by atoms with E-state index in [1.807, 2.05) is 6.92 Å². The van der Waals surface area contributed by atoms with Crippen molar-refractivity contribution in [2.24, 2.45) is 0 Å². The van der Waals surface area contributed by atoms with Crippen molar-refractivity contribution in [3.63, 3.8) is 0 Å². The Bertz CT molecular complexity index is 384. The topological polar surface area (TPSA) is 42.2 Å². The third-order valence-corrected chi connectivity index (χ3v) is 1.79. The number of hydrogen-bond acceptors (Lipinski definition) is 2. The molecule has 0 fully saturated rings. The molecule has 1 aromatic rings. The number of carbonyl (C=O) groups excluding carboxylic acids is 1. The van der Waals surface area contributed by atoms with Gasteiger partial charge in [-0.15, -0.1) is 5.73 Å². The van der Waals surface area contributed by atoms with E-state index < -0.39 is 0 Å². The van der Waals surface area contributed by atoms with Crippen molar-refractivity contribution in [1.82, 2.24) is 5.32 Å². The molecule has 14 heavy (non-hydrogen) atoms. The Morgan fingerprint density at radius 3 is 2.93 bits per heavy atom. The van der Waals surface area contributed by atoms with Crippen molar-refractivity contribution in [2.45, 2.75) is 13.8 Å². The minimum absolute atomic E-state index is 0.133. The zero-order valence-electron chi connectivity index (χ0n) is 8.39. The van der Waals surface area contributed by atoms with E-state index in [-0.39, 0.29) is 5.91 Å². The van der Waals surface area contributed by atoms with Crippen LogP contribution in [0, 0.1) is 13.8 Å². The highest BCUT2D eigenvalue weighted by Gasteiger charge is 2.11. The average molecular weight is 191 g/mol. The van der Waals surface area contributed by atoms with Gasteiger partial charge >= 0.3 is 0 Å². The Hall–Kier alpha value is -1.73. The highest BCUT2D eigenvalue weighted by molar-refractivity contribution is 5.95. The molecule has 1 aromatic heterocycles. The van der Waals surface area contributed by atoms with Crippen molar-refractivity contribution < 1.29 is 9.21 Å². The van der Waals surface area contributed by atoms with Crippen LogP contribution < -0.4 is 5.32 Å². The van der Waals surface area contributed by atoms with E-state index in [9.17, 15) is 4.79 Å². The Labute approximate surface area is 83.1 Å². The zero-order chi connectivity index (χ0) is 10.6. The van der Waals surface area contributed by atoms with Crippen molar-refractivity contribution in [3.05, 3.63) is 41.5 Å². The molecular formula is C11H13NO2. The van der Waals surface area contributed by atoms with Gasteiger partial charge in [-0.3, -0.25) is 4.79 Å². The van der Waals surface area contributed by atoms with Crippen molar-refractivity contribution >= 4 is 5.91 Å². The van der Waals surface area contributed by atoms with Crippen LogP contribution in [0.1, 0.15) is 21.9 Å². The smallest absolute Gasteiger partial charge is 0.255 e. The number of nitrogens with one attached hydrogen (secondary N) is 1. The van der Waals surface area contributed by atoms with Gasteiger partial charge in [-0.2, -0.15) is 0 Å². The number of carbonyl (C=O) groups is 1. The summed E-state index contributed by atoms with van der Waals surface area (Å²) in [5.41, 5.74) is 3.16. The third-order valence-electron chi connectivity index (χ3n) is 1.79. The summed E-state index contributed by atoms with van der Waals surface area (Å²) in [4.78, 5) is 11.5. The molecule has 0 aliphatic rings. The van der Waals surface area contributed by atoms with Crippen LogP contribution >= 0.6 is 0 Å². The van der Waals surface area contributed by atoms with E-state index in [0.29, 0.717) is 17.9 Å². The lowest BCUT2D eigenvalue weighted by Gasteiger charge is -1.98. The van der Waals surface area contributed by atoms with Gasteiger partial charge in [0.15, 0.2) is 0 Å². The first-order valence-corrected chi connectivity index (χ1v) is 4.34. The minimum Gasteiger partial charge on any atom is -0.466 e. The fourth-order valence-electron chi connectivity index (χ4n) is 1.17. The van der Waals surface area contributed by atoms with E-state index in [2.05, 4.69) is 17.6 Å².